The van der Waals surface area contributed by atoms with Gasteiger partial charge in [0, 0.05) is 13.0 Å². The maximum absolute atomic E-state index is 11.3. The largest absolute Gasteiger partial charge is 0.330 e. The van der Waals surface area contributed by atoms with Crippen molar-refractivity contribution in [3.63, 3.8) is 0 Å². The summed E-state index contributed by atoms with van der Waals surface area (Å²) in [6, 6.07) is 1.98. The van der Waals surface area contributed by atoms with Crippen molar-refractivity contribution in [2.45, 2.75) is 33.1 Å². The Hall–Kier alpha value is -1.04. The molecule has 1 amide bonds. The molecule has 68 valence electrons. The Labute approximate surface area is 74.0 Å². The summed E-state index contributed by atoms with van der Waals surface area (Å²) in [6.45, 7) is 4.80. The Morgan fingerprint density at radius 1 is 1.50 bits per heavy atom. The average molecular weight is 168 g/mol. The highest BCUT2D eigenvalue weighted by atomic mass is 16.2. The number of carbonyl (C=O) groups excluding carboxylic acids is 1. The van der Waals surface area contributed by atoms with E-state index >= 15 is 0 Å². The molecule has 0 aliphatic carbocycles. The molecule has 0 saturated carbocycles. The molecule has 0 bridgehead atoms. The third kappa shape index (κ3) is 3.97. The Balaban J connectivity index is 3.79. The molecule has 0 N–H and O–H groups in total. The normalized spacial score (nSPS) is 9.08. The van der Waals surface area contributed by atoms with Crippen LogP contribution in [-0.2, 0) is 4.79 Å². The minimum atomic E-state index is 0.0981. The minimum absolute atomic E-state index is 0.0981. The topological polar surface area (TPSA) is 44.1 Å². The second-order valence-electron chi connectivity index (χ2n) is 2.67. The molecule has 0 heterocycles. The molecule has 3 heteroatoms. The van der Waals surface area contributed by atoms with Crippen molar-refractivity contribution >= 4 is 5.91 Å². The standard InChI is InChI=1S/C9H16N2O/c1-3-5-6-9(12)11(4-2)8-7-10/h3-6,8H2,1-2H3. The minimum Gasteiger partial charge on any atom is -0.330 e. The first-order chi connectivity index (χ1) is 5.76. The monoisotopic (exact) mass is 168 g/mol. The van der Waals surface area contributed by atoms with Gasteiger partial charge in [-0.1, -0.05) is 13.3 Å². The van der Waals surface area contributed by atoms with Gasteiger partial charge in [-0.2, -0.15) is 5.26 Å². The van der Waals surface area contributed by atoms with E-state index in [4.69, 9.17) is 5.26 Å². The molecule has 0 unspecified atom stereocenters. The Morgan fingerprint density at radius 2 is 2.17 bits per heavy atom. The van der Waals surface area contributed by atoms with E-state index in [1.165, 1.54) is 0 Å². The van der Waals surface area contributed by atoms with Gasteiger partial charge in [0.25, 0.3) is 0 Å². The van der Waals surface area contributed by atoms with E-state index in [1.807, 2.05) is 19.9 Å². The third-order valence-electron chi connectivity index (χ3n) is 1.74. The molecule has 0 aliphatic heterocycles. The highest BCUT2D eigenvalue weighted by Gasteiger charge is 2.08. The van der Waals surface area contributed by atoms with Crippen molar-refractivity contribution in [3.05, 3.63) is 0 Å². The van der Waals surface area contributed by atoms with Crippen LogP contribution in [0.1, 0.15) is 33.1 Å². The lowest BCUT2D eigenvalue weighted by molar-refractivity contribution is -0.130. The van der Waals surface area contributed by atoms with E-state index < -0.39 is 0 Å². The van der Waals surface area contributed by atoms with Gasteiger partial charge in [-0.05, 0) is 13.3 Å². The zero-order chi connectivity index (χ0) is 9.40. The van der Waals surface area contributed by atoms with Crippen molar-refractivity contribution in [1.82, 2.24) is 4.90 Å². The molecule has 3 nitrogen and oxygen atoms in total. The number of nitrogens with zero attached hydrogens (tertiary/aromatic N) is 2. The second-order valence-corrected chi connectivity index (χ2v) is 2.67. The highest BCUT2D eigenvalue weighted by Crippen LogP contribution is 1.99. The van der Waals surface area contributed by atoms with Crippen LogP contribution in [0, 0.1) is 11.3 Å². The summed E-state index contributed by atoms with van der Waals surface area (Å²) in [5, 5.41) is 8.40. The Bertz CT molecular complexity index is 172. The summed E-state index contributed by atoms with van der Waals surface area (Å²) in [5.41, 5.74) is 0. The molecular weight excluding hydrogens is 152 g/mol. The van der Waals surface area contributed by atoms with Crippen molar-refractivity contribution in [3.8, 4) is 6.07 Å². The first-order valence-electron chi connectivity index (χ1n) is 4.41. The van der Waals surface area contributed by atoms with Gasteiger partial charge in [0.05, 0.1) is 6.07 Å². The van der Waals surface area contributed by atoms with Crippen LogP contribution in [-0.4, -0.2) is 23.9 Å². The van der Waals surface area contributed by atoms with Crippen LogP contribution in [0.4, 0.5) is 0 Å². The number of amides is 1. The molecule has 0 spiro atoms. The van der Waals surface area contributed by atoms with E-state index in [0.717, 1.165) is 12.8 Å². The van der Waals surface area contributed by atoms with Crippen LogP contribution >= 0.6 is 0 Å². The number of unbranched alkanes of at least 4 members (excludes halogenated alkanes) is 1. The fourth-order valence-electron chi connectivity index (χ4n) is 0.948. The lowest BCUT2D eigenvalue weighted by atomic mass is 10.2. The molecule has 0 aromatic rings. The maximum atomic E-state index is 11.3. The van der Waals surface area contributed by atoms with Gasteiger partial charge in [0.15, 0.2) is 0 Å². The summed E-state index contributed by atoms with van der Waals surface area (Å²) in [6.07, 6.45) is 2.52. The Morgan fingerprint density at radius 3 is 2.58 bits per heavy atom. The second kappa shape index (κ2) is 6.66. The summed E-state index contributed by atoms with van der Waals surface area (Å²) in [5.74, 6) is 0.0981. The van der Waals surface area contributed by atoms with Gasteiger partial charge >= 0.3 is 0 Å². The SMILES string of the molecule is CCCCC(=O)N(CC)CC#N. The summed E-state index contributed by atoms with van der Waals surface area (Å²) >= 11 is 0. The zero-order valence-electron chi connectivity index (χ0n) is 7.84. The third-order valence-corrected chi connectivity index (χ3v) is 1.74. The van der Waals surface area contributed by atoms with Gasteiger partial charge in [0.1, 0.15) is 6.54 Å². The lowest BCUT2D eigenvalue weighted by Gasteiger charge is -2.16. The van der Waals surface area contributed by atoms with Crippen LogP contribution in [0.2, 0.25) is 0 Å². The van der Waals surface area contributed by atoms with Gasteiger partial charge < -0.3 is 4.90 Å². The van der Waals surface area contributed by atoms with Crippen molar-refractivity contribution in [1.29, 1.82) is 5.26 Å². The van der Waals surface area contributed by atoms with Crippen LogP contribution < -0.4 is 0 Å². The number of carbonyl (C=O) groups is 1. The van der Waals surface area contributed by atoms with Crippen molar-refractivity contribution in [2.24, 2.45) is 0 Å². The molecule has 0 atom stereocenters. The maximum Gasteiger partial charge on any atom is 0.223 e. The summed E-state index contributed by atoms with van der Waals surface area (Å²) in [7, 11) is 0. The van der Waals surface area contributed by atoms with Crippen molar-refractivity contribution in [2.75, 3.05) is 13.1 Å². The van der Waals surface area contributed by atoms with Crippen LogP contribution in [0.15, 0.2) is 0 Å². The van der Waals surface area contributed by atoms with E-state index in [9.17, 15) is 4.79 Å². The van der Waals surface area contributed by atoms with E-state index in [1.54, 1.807) is 4.90 Å². The molecule has 0 aliphatic rings. The molecular formula is C9H16N2O. The molecule has 0 aromatic carbocycles. The predicted octanol–water partition coefficient (Wildman–Crippen LogP) is 1.55. The highest BCUT2D eigenvalue weighted by molar-refractivity contribution is 5.76. The van der Waals surface area contributed by atoms with Crippen molar-refractivity contribution < 1.29 is 4.79 Å². The lowest BCUT2D eigenvalue weighted by Crippen LogP contribution is -2.30. The molecule has 0 fully saturated rings. The average Bonchev–Trinajstić information content (AvgIpc) is 2.10. The van der Waals surface area contributed by atoms with Gasteiger partial charge in [-0.25, -0.2) is 0 Å². The van der Waals surface area contributed by atoms with Gasteiger partial charge in [0.2, 0.25) is 5.91 Å². The molecule has 12 heavy (non-hydrogen) atoms. The molecule has 0 radical (unpaired) electrons. The van der Waals surface area contributed by atoms with Gasteiger partial charge in [-0.3, -0.25) is 4.79 Å². The van der Waals surface area contributed by atoms with Crippen LogP contribution in [0.5, 0.6) is 0 Å². The zero-order valence-corrected chi connectivity index (χ0v) is 7.84. The van der Waals surface area contributed by atoms with Crippen LogP contribution in [0.3, 0.4) is 0 Å². The predicted molar refractivity (Wildman–Crippen MR) is 47.4 cm³/mol. The quantitative estimate of drug-likeness (QED) is 0.584. The van der Waals surface area contributed by atoms with E-state index in [2.05, 4.69) is 0 Å². The first kappa shape index (κ1) is 11.0. The molecule has 0 aromatic heterocycles. The number of hydrogen-bond acceptors (Lipinski definition) is 2. The number of rotatable bonds is 5. The Kier molecular flexibility index (Phi) is 6.08. The smallest absolute Gasteiger partial charge is 0.223 e. The molecule has 0 saturated heterocycles. The van der Waals surface area contributed by atoms with Gasteiger partial charge in [-0.15, -0.1) is 0 Å². The summed E-state index contributed by atoms with van der Waals surface area (Å²) in [4.78, 5) is 12.9. The fraction of sp³-hybridized carbons (Fsp3) is 0.778. The number of hydrogen-bond donors (Lipinski definition) is 0. The van der Waals surface area contributed by atoms with E-state index in [0.29, 0.717) is 13.0 Å². The van der Waals surface area contributed by atoms with Crippen LogP contribution in [0.25, 0.3) is 0 Å². The number of nitriles is 1. The fourth-order valence-corrected chi connectivity index (χ4v) is 0.948. The summed E-state index contributed by atoms with van der Waals surface area (Å²) < 4.78 is 0. The van der Waals surface area contributed by atoms with E-state index in [-0.39, 0.29) is 12.5 Å². The first-order valence-corrected chi connectivity index (χ1v) is 4.41. The molecule has 0 rings (SSSR count).